The van der Waals surface area contributed by atoms with Gasteiger partial charge in [-0.1, -0.05) is 43.6 Å². The fraction of sp³-hybridized carbons (Fsp3) is 0.529. The lowest BCUT2D eigenvalue weighted by molar-refractivity contribution is 0.0982. The number of nitrogens with one attached hydrogen (secondary N) is 2. The molecule has 3 aromatic rings. The number of hydrogen-bond acceptors (Lipinski definition) is 8. The molecule has 0 aliphatic carbocycles. The Balaban J connectivity index is 1.32. The van der Waals surface area contributed by atoms with Crippen LogP contribution in [0.15, 0.2) is 48.7 Å². The minimum Gasteiger partial charge on any atom is -0.486 e. The quantitative estimate of drug-likeness (QED) is 0.265. The average Bonchev–Trinajstić information content (AvgIpc) is 2.96. The molecule has 2 aliphatic heterocycles. The van der Waals surface area contributed by atoms with Gasteiger partial charge < -0.3 is 25.2 Å². The number of ether oxygens (including phenoxy) is 1. The molecule has 2 aromatic carbocycles. The molecule has 2 fully saturated rings. The van der Waals surface area contributed by atoms with Gasteiger partial charge in [-0.05, 0) is 76.8 Å². The van der Waals surface area contributed by atoms with Crippen LogP contribution in [0, 0.1) is 5.92 Å². The van der Waals surface area contributed by atoms with Crippen molar-refractivity contribution in [2.24, 2.45) is 5.92 Å². The van der Waals surface area contributed by atoms with Crippen molar-refractivity contribution in [2.45, 2.75) is 65.5 Å². The van der Waals surface area contributed by atoms with Crippen LogP contribution < -0.4 is 20.3 Å². The van der Waals surface area contributed by atoms with Crippen LogP contribution in [0.3, 0.4) is 0 Å². The molecular formula is C34H48ClN7O. The zero-order valence-corrected chi connectivity index (χ0v) is 27.4. The number of benzene rings is 2. The number of likely N-dealkylation sites (N-methyl/N-ethyl adjacent to an activating group) is 1. The smallest absolute Gasteiger partial charge is 0.229 e. The van der Waals surface area contributed by atoms with E-state index in [4.69, 9.17) is 21.3 Å². The fourth-order valence-corrected chi connectivity index (χ4v) is 6.06. The molecule has 0 spiro atoms. The lowest BCUT2D eigenvalue weighted by Gasteiger charge is -2.42. The third-order valence-corrected chi connectivity index (χ3v) is 8.43. The van der Waals surface area contributed by atoms with Crippen LogP contribution in [0.2, 0.25) is 5.02 Å². The maximum atomic E-state index is 6.55. The van der Waals surface area contributed by atoms with Crippen molar-refractivity contribution in [3.63, 3.8) is 0 Å². The van der Waals surface area contributed by atoms with Gasteiger partial charge in [0.25, 0.3) is 0 Å². The predicted octanol–water partition coefficient (Wildman–Crippen LogP) is 7.21. The summed E-state index contributed by atoms with van der Waals surface area (Å²) in [6.45, 7) is 17.4. The summed E-state index contributed by atoms with van der Waals surface area (Å²) in [6.07, 6.45) is 4.97. The van der Waals surface area contributed by atoms with Crippen molar-refractivity contribution in [3.05, 3.63) is 59.2 Å². The molecule has 2 aliphatic rings. The molecule has 0 saturated carbocycles. The molecule has 0 atom stereocenters. The van der Waals surface area contributed by atoms with E-state index in [0.717, 1.165) is 36.6 Å². The van der Waals surface area contributed by atoms with E-state index in [2.05, 4.69) is 108 Å². The Labute approximate surface area is 262 Å². The van der Waals surface area contributed by atoms with E-state index in [1.165, 1.54) is 50.3 Å². The maximum absolute atomic E-state index is 6.55. The molecule has 0 unspecified atom stereocenters. The second kappa shape index (κ2) is 13.7. The van der Waals surface area contributed by atoms with Gasteiger partial charge >= 0.3 is 0 Å². The Morgan fingerprint density at radius 2 is 1.67 bits per heavy atom. The van der Waals surface area contributed by atoms with E-state index < -0.39 is 0 Å². The van der Waals surface area contributed by atoms with Gasteiger partial charge in [0.15, 0.2) is 5.82 Å². The SMILES string of the molecule is CC(C)Cc1ccccc1Nc1nc(Nc2ccc(N3CCC(N4CCN(C)CC4)CC3)cc2OC(C)(C)C)ncc1Cl. The summed E-state index contributed by atoms with van der Waals surface area (Å²) >= 11 is 6.55. The summed E-state index contributed by atoms with van der Waals surface area (Å²) in [6, 6.07) is 15.4. The number of para-hydroxylation sites is 1. The predicted molar refractivity (Wildman–Crippen MR) is 180 cm³/mol. The standard InChI is InChI=1S/C34H48ClN7O/c1-24(2)21-25-9-7-8-10-29(25)37-32-28(35)23-36-33(39-32)38-30-12-11-27(22-31(30)43-34(3,4)5)41-15-13-26(14-16-41)42-19-17-40(6)18-20-42/h7-12,22-24,26H,13-21H2,1-6H3,(H2,36,37,38,39). The molecule has 9 heteroatoms. The highest BCUT2D eigenvalue weighted by atomic mass is 35.5. The Kier molecular flexibility index (Phi) is 9.99. The number of piperazine rings is 1. The Bertz CT molecular complexity index is 1360. The zero-order valence-electron chi connectivity index (χ0n) is 26.7. The van der Waals surface area contributed by atoms with E-state index in [1.807, 2.05) is 6.07 Å². The number of rotatable bonds is 9. The van der Waals surface area contributed by atoms with E-state index in [9.17, 15) is 0 Å². The number of halogens is 1. The molecule has 232 valence electrons. The molecule has 2 saturated heterocycles. The van der Waals surface area contributed by atoms with Crippen molar-refractivity contribution >= 4 is 40.4 Å². The summed E-state index contributed by atoms with van der Waals surface area (Å²) in [5.41, 5.74) is 3.87. The Morgan fingerprint density at radius 3 is 2.37 bits per heavy atom. The number of nitrogens with zero attached hydrogens (tertiary/aromatic N) is 5. The van der Waals surface area contributed by atoms with Crippen LogP contribution in [-0.2, 0) is 6.42 Å². The molecule has 0 amide bonds. The summed E-state index contributed by atoms with van der Waals surface area (Å²) in [7, 11) is 2.22. The Morgan fingerprint density at radius 1 is 0.953 bits per heavy atom. The van der Waals surface area contributed by atoms with Crippen molar-refractivity contribution in [2.75, 3.05) is 61.8 Å². The molecule has 43 heavy (non-hydrogen) atoms. The molecule has 0 radical (unpaired) electrons. The van der Waals surface area contributed by atoms with Gasteiger partial charge in [-0.25, -0.2) is 4.98 Å². The van der Waals surface area contributed by atoms with Crippen LogP contribution in [-0.4, -0.2) is 77.7 Å². The highest BCUT2D eigenvalue weighted by molar-refractivity contribution is 6.32. The largest absolute Gasteiger partial charge is 0.486 e. The van der Waals surface area contributed by atoms with Crippen LogP contribution in [0.1, 0.15) is 53.0 Å². The molecule has 2 N–H and O–H groups in total. The molecule has 3 heterocycles. The first-order chi connectivity index (χ1) is 20.5. The van der Waals surface area contributed by atoms with Crippen molar-refractivity contribution < 1.29 is 4.74 Å². The first kappa shape index (κ1) is 31.4. The second-order valence-corrected chi connectivity index (χ2v) is 13.8. The van der Waals surface area contributed by atoms with E-state index in [-0.39, 0.29) is 5.60 Å². The summed E-state index contributed by atoms with van der Waals surface area (Å²) in [5.74, 6) is 2.33. The first-order valence-electron chi connectivity index (χ1n) is 15.7. The number of hydrogen-bond donors (Lipinski definition) is 2. The minimum absolute atomic E-state index is 0.364. The lowest BCUT2D eigenvalue weighted by Crippen LogP contribution is -2.52. The minimum atomic E-state index is -0.364. The van der Waals surface area contributed by atoms with Crippen LogP contribution in [0.5, 0.6) is 5.75 Å². The monoisotopic (exact) mass is 605 g/mol. The summed E-state index contributed by atoms with van der Waals surface area (Å²) in [4.78, 5) is 16.8. The highest BCUT2D eigenvalue weighted by Crippen LogP contribution is 2.36. The van der Waals surface area contributed by atoms with Crippen molar-refractivity contribution in [1.29, 1.82) is 0 Å². The summed E-state index contributed by atoms with van der Waals surface area (Å²) < 4.78 is 6.47. The zero-order chi connectivity index (χ0) is 30.6. The van der Waals surface area contributed by atoms with E-state index >= 15 is 0 Å². The Hall–Kier alpha value is -3.07. The van der Waals surface area contributed by atoms with Gasteiger partial charge in [-0.3, -0.25) is 4.90 Å². The third kappa shape index (κ3) is 8.52. The molecule has 0 bridgehead atoms. The van der Waals surface area contributed by atoms with Gasteiger partial charge in [0.1, 0.15) is 16.4 Å². The maximum Gasteiger partial charge on any atom is 0.229 e. The number of anilines is 5. The number of piperidine rings is 1. The van der Waals surface area contributed by atoms with Gasteiger partial charge in [0, 0.05) is 62.8 Å². The van der Waals surface area contributed by atoms with E-state index in [1.54, 1.807) is 6.20 Å². The second-order valence-electron chi connectivity index (χ2n) is 13.3. The van der Waals surface area contributed by atoms with Crippen LogP contribution >= 0.6 is 11.6 Å². The van der Waals surface area contributed by atoms with Gasteiger partial charge in [-0.2, -0.15) is 4.98 Å². The fourth-order valence-electron chi connectivity index (χ4n) is 5.92. The molecule has 8 nitrogen and oxygen atoms in total. The topological polar surface area (TPSA) is 68.8 Å². The van der Waals surface area contributed by atoms with Crippen molar-refractivity contribution in [1.82, 2.24) is 19.8 Å². The van der Waals surface area contributed by atoms with E-state index in [0.29, 0.717) is 28.7 Å². The van der Waals surface area contributed by atoms with Crippen molar-refractivity contribution in [3.8, 4) is 5.75 Å². The van der Waals surface area contributed by atoms with Gasteiger partial charge in [0.2, 0.25) is 5.95 Å². The molecule has 1 aromatic heterocycles. The average molecular weight is 606 g/mol. The van der Waals surface area contributed by atoms with Crippen LogP contribution in [0.25, 0.3) is 0 Å². The lowest BCUT2D eigenvalue weighted by atomic mass is 10.0. The first-order valence-corrected chi connectivity index (χ1v) is 16.1. The third-order valence-electron chi connectivity index (χ3n) is 8.15. The highest BCUT2D eigenvalue weighted by Gasteiger charge is 2.27. The van der Waals surface area contributed by atoms with Gasteiger partial charge in [0.05, 0.1) is 11.9 Å². The normalized spacial score (nSPS) is 17.3. The number of aromatic nitrogens is 2. The molecular weight excluding hydrogens is 558 g/mol. The van der Waals surface area contributed by atoms with Gasteiger partial charge in [-0.15, -0.1) is 0 Å². The summed E-state index contributed by atoms with van der Waals surface area (Å²) in [5, 5.41) is 7.31. The van der Waals surface area contributed by atoms with Crippen LogP contribution in [0.4, 0.5) is 28.8 Å². The molecule has 5 rings (SSSR count).